The first-order valence-electron chi connectivity index (χ1n) is 7.19. The summed E-state index contributed by atoms with van der Waals surface area (Å²) in [5.41, 5.74) is -0.460. The van der Waals surface area contributed by atoms with Crippen molar-refractivity contribution in [2.24, 2.45) is 0 Å². The first-order valence-corrected chi connectivity index (χ1v) is 7.19. The van der Waals surface area contributed by atoms with Crippen molar-refractivity contribution in [2.75, 3.05) is 18.5 Å². The SMILES string of the molecule is FC(F)(F)c1ccccc1NC1CCC2(CC1)OCCO2. The van der Waals surface area contributed by atoms with E-state index in [9.17, 15) is 13.2 Å². The molecule has 1 saturated heterocycles. The van der Waals surface area contributed by atoms with Gasteiger partial charge in [-0.05, 0) is 25.0 Å². The summed E-state index contributed by atoms with van der Waals surface area (Å²) in [6.07, 6.45) is -1.41. The lowest BCUT2D eigenvalue weighted by molar-refractivity contribution is -0.177. The number of ether oxygens (including phenoxy) is 2. The van der Waals surface area contributed by atoms with Crippen LogP contribution in [0.15, 0.2) is 24.3 Å². The molecule has 6 heteroatoms. The summed E-state index contributed by atoms with van der Waals surface area (Å²) in [5, 5.41) is 3.03. The summed E-state index contributed by atoms with van der Waals surface area (Å²) < 4.78 is 50.1. The Morgan fingerprint density at radius 3 is 2.29 bits per heavy atom. The van der Waals surface area contributed by atoms with E-state index in [1.807, 2.05) is 0 Å². The van der Waals surface area contributed by atoms with Crippen LogP contribution in [0.5, 0.6) is 0 Å². The number of alkyl halides is 3. The second-order valence-corrected chi connectivity index (χ2v) is 5.57. The smallest absolute Gasteiger partial charge is 0.382 e. The molecule has 21 heavy (non-hydrogen) atoms. The molecule has 0 atom stereocenters. The molecule has 3 nitrogen and oxygen atoms in total. The average molecular weight is 301 g/mol. The quantitative estimate of drug-likeness (QED) is 0.901. The highest BCUT2D eigenvalue weighted by molar-refractivity contribution is 5.53. The Morgan fingerprint density at radius 1 is 1.05 bits per heavy atom. The topological polar surface area (TPSA) is 30.5 Å². The fraction of sp³-hybridized carbons (Fsp3) is 0.600. The highest BCUT2D eigenvalue weighted by Crippen LogP contribution is 2.39. The molecule has 1 aromatic carbocycles. The number of hydrogen-bond acceptors (Lipinski definition) is 3. The van der Waals surface area contributed by atoms with Crippen LogP contribution in [0.4, 0.5) is 18.9 Å². The van der Waals surface area contributed by atoms with E-state index >= 15 is 0 Å². The lowest BCUT2D eigenvalue weighted by Gasteiger charge is -2.36. The highest BCUT2D eigenvalue weighted by Gasteiger charge is 2.41. The largest absolute Gasteiger partial charge is 0.418 e. The van der Waals surface area contributed by atoms with Gasteiger partial charge in [0, 0.05) is 24.6 Å². The van der Waals surface area contributed by atoms with Crippen molar-refractivity contribution in [3.8, 4) is 0 Å². The maximum absolute atomic E-state index is 13.0. The molecule has 2 fully saturated rings. The zero-order valence-corrected chi connectivity index (χ0v) is 11.6. The molecule has 1 aromatic rings. The third-order valence-electron chi connectivity index (χ3n) is 4.15. The van der Waals surface area contributed by atoms with Gasteiger partial charge in [-0.15, -0.1) is 0 Å². The maximum Gasteiger partial charge on any atom is 0.418 e. The molecule has 0 amide bonds. The zero-order valence-electron chi connectivity index (χ0n) is 11.6. The van der Waals surface area contributed by atoms with Gasteiger partial charge < -0.3 is 14.8 Å². The second kappa shape index (κ2) is 5.50. The summed E-state index contributed by atoms with van der Waals surface area (Å²) in [4.78, 5) is 0. The number of nitrogens with one attached hydrogen (secondary N) is 1. The highest BCUT2D eigenvalue weighted by atomic mass is 19.4. The molecule has 1 aliphatic heterocycles. The van der Waals surface area contributed by atoms with Crippen LogP contribution in [0.3, 0.4) is 0 Å². The van der Waals surface area contributed by atoms with E-state index in [0.29, 0.717) is 13.2 Å². The number of benzene rings is 1. The van der Waals surface area contributed by atoms with Gasteiger partial charge in [-0.2, -0.15) is 13.2 Å². The van der Waals surface area contributed by atoms with Crippen LogP contribution in [0.25, 0.3) is 0 Å². The lowest BCUT2D eigenvalue weighted by atomic mass is 9.89. The molecule has 0 aromatic heterocycles. The van der Waals surface area contributed by atoms with Gasteiger partial charge >= 0.3 is 6.18 Å². The fourth-order valence-electron chi connectivity index (χ4n) is 3.06. The predicted molar refractivity (Wildman–Crippen MR) is 72.0 cm³/mol. The monoisotopic (exact) mass is 301 g/mol. The molecular weight excluding hydrogens is 283 g/mol. The van der Waals surface area contributed by atoms with E-state index in [1.165, 1.54) is 12.1 Å². The minimum absolute atomic E-state index is 0.0203. The van der Waals surface area contributed by atoms with Crippen molar-refractivity contribution >= 4 is 5.69 Å². The Labute approximate surface area is 121 Å². The lowest BCUT2D eigenvalue weighted by Crippen LogP contribution is -2.39. The van der Waals surface area contributed by atoms with Gasteiger partial charge in [-0.3, -0.25) is 0 Å². The van der Waals surface area contributed by atoms with Crippen molar-refractivity contribution in [1.82, 2.24) is 0 Å². The van der Waals surface area contributed by atoms with Crippen LogP contribution in [-0.2, 0) is 15.7 Å². The molecule has 3 rings (SSSR count). The fourth-order valence-corrected chi connectivity index (χ4v) is 3.06. The summed E-state index contributed by atoms with van der Waals surface area (Å²) in [6, 6.07) is 5.63. The molecule has 1 aliphatic carbocycles. The summed E-state index contributed by atoms with van der Waals surface area (Å²) in [6.45, 7) is 1.21. The first kappa shape index (κ1) is 14.7. The second-order valence-electron chi connectivity index (χ2n) is 5.57. The minimum atomic E-state index is -4.34. The first-order chi connectivity index (χ1) is 9.99. The Kier molecular flexibility index (Phi) is 3.84. The molecule has 1 heterocycles. The van der Waals surface area contributed by atoms with E-state index in [4.69, 9.17) is 9.47 Å². The van der Waals surface area contributed by atoms with E-state index in [2.05, 4.69) is 5.32 Å². The molecule has 1 spiro atoms. The van der Waals surface area contributed by atoms with E-state index in [-0.39, 0.29) is 11.7 Å². The molecule has 1 saturated carbocycles. The standard InChI is InChI=1S/C15H18F3NO2/c16-15(17,18)12-3-1-2-4-13(12)19-11-5-7-14(8-6-11)20-9-10-21-14/h1-4,11,19H,5-10H2. The molecular formula is C15H18F3NO2. The summed E-state index contributed by atoms with van der Waals surface area (Å²) in [7, 11) is 0. The van der Waals surface area contributed by atoms with Gasteiger partial charge in [0.15, 0.2) is 5.79 Å². The van der Waals surface area contributed by atoms with Gasteiger partial charge in [0.2, 0.25) is 0 Å². The number of hydrogen-bond donors (Lipinski definition) is 1. The minimum Gasteiger partial charge on any atom is -0.382 e. The Balaban J connectivity index is 1.66. The Hall–Kier alpha value is -1.27. The summed E-state index contributed by atoms with van der Waals surface area (Å²) in [5.74, 6) is -0.484. The number of rotatable bonds is 2. The van der Waals surface area contributed by atoms with E-state index in [1.54, 1.807) is 6.07 Å². The number of halogens is 3. The molecule has 116 valence electrons. The van der Waals surface area contributed by atoms with Crippen LogP contribution in [0.1, 0.15) is 31.2 Å². The average Bonchev–Trinajstić information content (AvgIpc) is 2.90. The molecule has 1 N–H and O–H groups in total. The van der Waals surface area contributed by atoms with Gasteiger partial charge in [0.05, 0.1) is 18.8 Å². The van der Waals surface area contributed by atoms with Crippen molar-refractivity contribution < 1.29 is 22.6 Å². The van der Waals surface area contributed by atoms with Gasteiger partial charge in [-0.1, -0.05) is 12.1 Å². The van der Waals surface area contributed by atoms with Crippen LogP contribution >= 0.6 is 0 Å². The third-order valence-corrected chi connectivity index (χ3v) is 4.15. The normalized spacial score (nSPS) is 22.6. The molecule has 0 unspecified atom stereocenters. The molecule has 0 radical (unpaired) electrons. The Morgan fingerprint density at radius 2 is 1.67 bits per heavy atom. The van der Waals surface area contributed by atoms with Gasteiger partial charge in [0.1, 0.15) is 0 Å². The number of para-hydroxylation sites is 1. The van der Waals surface area contributed by atoms with E-state index in [0.717, 1.165) is 31.7 Å². The van der Waals surface area contributed by atoms with Crippen LogP contribution in [0.2, 0.25) is 0 Å². The maximum atomic E-state index is 13.0. The Bertz CT molecular complexity index is 488. The van der Waals surface area contributed by atoms with Crippen LogP contribution in [0, 0.1) is 0 Å². The van der Waals surface area contributed by atoms with Gasteiger partial charge in [0.25, 0.3) is 0 Å². The van der Waals surface area contributed by atoms with E-state index < -0.39 is 17.5 Å². The van der Waals surface area contributed by atoms with Crippen molar-refractivity contribution in [3.63, 3.8) is 0 Å². The van der Waals surface area contributed by atoms with Crippen molar-refractivity contribution in [1.29, 1.82) is 0 Å². The zero-order chi connectivity index (χ0) is 14.9. The number of anilines is 1. The predicted octanol–water partition coefficient (Wildman–Crippen LogP) is 3.80. The van der Waals surface area contributed by atoms with Crippen LogP contribution < -0.4 is 5.32 Å². The van der Waals surface area contributed by atoms with Gasteiger partial charge in [-0.25, -0.2) is 0 Å². The third kappa shape index (κ3) is 3.16. The van der Waals surface area contributed by atoms with Crippen molar-refractivity contribution in [2.45, 2.75) is 43.7 Å². The van der Waals surface area contributed by atoms with Crippen LogP contribution in [-0.4, -0.2) is 25.0 Å². The molecule has 2 aliphatic rings. The summed E-state index contributed by atoms with van der Waals surface area (Å²) >= 11 is 0. The molecule has 0 bridgehead atoms. The van der Waals surface area contributed by atoms with Crippen molar-refractivity contribution in [3.05, 3.63) is 29.8 Å².